The Labute approximate surface area is 111 Å². The SMILES string of the molecule is CC(C)CNCCCCCCc1ccc(F)cc1. The number of benzene rings is 1. The Kier molecular flexibility index (Phi) is 7.66. The van der Waals surface area contributed by atoms with Crippen molar-refractivity contribution >= 4 is 0 Å². The molecule has 0 bridgehead atoms. The summed E-state index contributed by atoms with van der Waals surface area (Å²) in [6.45, 7) is 6.72. The van der Waals surface area contributed by atoms with Gasteiger partial charge in [0, 0.05) is 0 Å². The molecule has 0 spiro atoms. The predicted molar refractivity (Wildman–Crippen MR) is 76.3 cm³/mol. The first-order chi connectivity index (χ1) is 8.68. The van der Waals surface area contributed by atoms with Gasteiger partial charge in [-0.25, -0.2) is 4.39 Å². The van der Waals surface area contributed by atoms with Crippen LogP contribution >= 0.6 is 0 Å². The van der Waals surface area contributed by atoms with Gasteiger partial charge < -0.3 is 5.32 Å². The number of hydrogen-bond donors (Lipinski definition) is 1. The summed E-state index contributed by atoms with van der Waals surface area (Å²) in [5.74, 6) is 0.596. The quantitative estimate of drug-likeness (QED) is 0.649. The molecule has 0 aliphatic heterocycles. The van der Waals surface area contributed by atoms with Crippen LogP contribution in [0.3, 0.4) is 0 Å². The van der Waals surface area contributed by atoms with Crippen molar-refractivity contribution in [3.05, 3.63) is 35.6 Å². The molecule has 1 aromatic rings. The van der Waals surface area contributed by atoms with Gasteiger partial charge in [-0.3, -0.25) is 0 Å². The highest BCUT2D eigenvalue weighted by atomic mass is 19.1. The Morgan fingerprint density at radius 3 is 2.33 bits per heavy atom. The van der Waals surface area contributed by atoms with E-state index in [-0.39, 0.29) is 5.82 Å². The first-order valence-electron chi connectivity index (χ1n) is 7.13. The molecule has 0 aromatic heterocycles. The molecule has 1 aromatic carbocycles. The Hall–Kier alpha value is -0.890. The first-order valence-corrected chi connectivity index (χ1v) is 7.13. The molecule has 2 heteroatoms. The van der Waals surface area contributed by atoms with Crippen LogP contribution in [-0.2, 0) is 6.42 Å². The van der Waals surface area contributed by atoms with Crippen LogP contribution < -0.4 is 5.32 Å². The predicted octanol–water partition coefficient (Wildman–Crippen LogP) is 4.17. The lowest BCUT2D eigenvalue weighted by Gasteiger charge is -2.07. The fraction of sp³-hybridized carbons (Fsp3) is 0.625. The number of unbranched alkanes of at least 4 members (excludes halogenated alkanes) is 3. The van der Waals surface area contributed by atoms with E-state index in [2.05, 4.69) is 19.2 Å². The normalized spacial score (nSPS) is 11.1. The molecule has 1 N–H and O–H groups in total. The second-order valence-corrected chi connectivity index (χ2v) is 5.39. The Morgan fingerprint density at radius 2 is 1.67 bits per heavy atom. The molecule has 0 fully saturated rings. The Balaban J connectivity index is 1.94. The summed E-state index contributed by atoms with van der Waals surface area (Å²) in [7, 11) is 0. The molecule has 0 atom stereocenters. The fourth-order valence-electron chi connectivity index (χ4n) is 1.97. The van der Waals surface area contributed by atoms with Crippen molar-refractivity contribution in [2.75, 3.05) is 13.1 Å². The highest BCUT2D eigenvalue weighted by Crippen LogP contribution is 2.08. The summed E-state index contributed by atoms with van der Waals surface area (Å²) in [6, 6.07) is 6.87. The van der Waals surface area contributed by atoms with Crippen LogP contribution in [0.5, 0.6) is 0 Å². The molecule has 0 aliphatic rings. The van der Waals surface area contributed by atoms with Crippen molar-refractivity contribution in [1.82, 2.24) is 5.32 Å². The first kappa shape index (κ1) is 15.2. The van der Waals surface area contributed by atoms with Crippen LogP contribution in [0.15, 0.2) is 24.3 Å². The van der Waals surface area contributed by atoms with Gasteiger partial charge in [-0.05, 0) is 56.0 Å². The number of nitrogens with one attached hydrogen (secondary N) is 1. The summed E-state index contributed by atoms with van der Waals surface area (Å²) in [6.07, 6.45) is 6.08. The maximum absolute atomic E-state index is 12.7. The average Bonchev–Trinajstić information content (AvgIpc) is 2.34. The smallest absolute Gasteiger partial charge is 0.123 e. The van der Waals surface area contributed by atoms with Crippen LogP contribution in [0.2, 0.25) is 0 Å². The van der Waals surface area contributed by atoms with Gasteiger partial charge in [-0.1, -0.05) is 38.8 Å². The van der Waals surface area contributed by atoms with Gasteiger partial charge in [-0.15, -0.1) is 0 Å². The zero-order valence-corrected chi connectivity index (χ0v) is 11.7. The zero-order valence-electron chi connectivity index (χ0n) is 11.7. The zero-order chi connectivity index (χ0) is 13.2. The van der Waals surface area contributed by atoms with Crippen LogP contribution in [0, 0.1) is 11.7 Å². The minimum Gasteiger partial charge on any atom is -0.316 e. The minimum atomic E-state index is -0.144. The average molecular weight is 251 g/mol. The summed E-state index contributed by atoms with van der Waals surface area (Å²) in [5, 5.41) is 3.46. The van der Waals surface area contributed by atoms with Gasteiger partial charge in [-0.2, -0.15) is 0 Å². The Bertz CT molecular complexity index is 305. The lowest BCUT2D eigenvalue weighted by Crippen LogP contribution is -2.20. The summed E-state index contributed by atoms with van der Waals surface area (Å²) in [4.78, 5) is 0. The largest absolute Gasteiger partial charge is 0.316 e. The molecule has 0 unspecified atom stereocenters. The molecule has 0 heterocycles. The van der Waals surface area contributed by atoms with E-state index in [4.69, 9.17) is 0 Å². The standard InChI is InChI=1S/C16H26FN/c1-14(2)13-18-12-6-4-3-5-7-15-8-10-16(17)11-9-15/h8-11,14,18H,3-7,12-13H2,1-2H3. The number of halogens is 1. The van der Waals surface area contributed by atoms with Gasteiger partial charge >= 0.3 is 0 Å². The lowest BCUT2D eigenvalue weighted by molar-refractivity contribution is 0.526. The molecular formula is C16H26FN. The van der Waals surface area contributed by atoms with Crippen molar-refractivity contribution in [2.45, 2.75) is 46.0 Å². The van der Waals surface area contributed by atoms with Crippen LogP contribution in [0.1, 0.15) is 45.1 Å². The van der Waals surface area contributed by atoms with Crippen molar-refractivity contribution in [3.63, 3.8) is 0 Å². The molecular weight excluding hydrogens is 225 g/mol. The van der Waals surface area contributed by atoms with Gasteiger partial charge in [0.1, 0.15) is 5.82 Å². The van der Waals surface area contributed by atoms with E-state index in [0.717, 1.165) is 25.4 Å². The molecule has 0 radical (unpaired) electrons. The highest BCUT2D eigenvalue weighted by Gasteiger charge is 1.96. The maximum atomic E-state index is 12.7. The van der Waals surface area contributed by atoms with E-state index in [1.54, 1.807) is 12.1 Å². The van der Waals surface area contributed by atoms with E-state index in [1.807, 2.05) is 12.1 Å². The summed E-state index contributed by atoms with van der Waals surface area (Å²) >= 11 is 0. The Morgan fingerprint density at radius 1 is 1.00 bits per heavy atom. The summed E-state index contributed by atoms with van der Waals surface area (Å²) in [5.41, 5.74) is 1.24. The second kappa shape index (κ2) is 9.09. The third-order valence-electron chi connectivity index (χ3n) is 3.03. The molecule has 0 saturated carbocycles. The van der Waals surface area contributed by atoms with Crippen LogP contribution in [0.4, 0.5) is 4.39 Å². The number of hydrogen-bond acceptors (Lipinski definition) is 1. The fourth-order valence-corrected chi connectivity index (χ4v) is 1.97. The van der Waals surface area contributed by atoms with Crippen LogP contribution in [-0.4, -0.2) is 13.1 Å². The van der Waals surface area contributed by atoms with Gasteiger partial charge in [0.2, 0.25) is 0 Å². The number of aryl methyl sites for hydroxylation is 1. The monoisotopic (exact) mass is 251 g/mol. The second-order valence-electron chi connectivity index (χ2n) is 5.39. The molecule has 0 amide bonds. The van der Waals surface area contributed by atoms with Crippen LogP contribution in [0.25, 0.3) is 0 Å². The van der Waals surface area contributed by atoms with E-state index < -0.39 is 0 Å². The summed E-state index contributed by atoms with van der Waals surface area (Å²) < 4.78 is 12.7. The van der Waals surface area contributed by atoms with Gasteiger partial charge in [0.05, 0.1) is 0 Å². The van der Waals surface area contributed by atoms with E-state index in [1.165, 1.54) is 31.2 Å². The van der Waals surface area contributed by atoms with Crippen molar-refractivity contribution in [1.29, 1.82) is 0 Å². The molecule has 102 valence electrons. The number of rotatable bonds is 9. The maximum Gasteiger partial charge on any atom is 0.123 e. The van der Waals surface area contributed by atoms with Crippen molar-refractivity contribution in [2.24, 2.45) is 5.92 Å². The van der Waals surface area contributed by atoms with E-state index >= 15 is 0 Å². The van der Waals surface area contributed by atoms with E-state index in [9.17, 15) is 4.39 Å². The third-order valence-corrected chi connectivity index (χ3v) is 3.03. The molecule has 1 nitrogen and oxygen atoms in total. The topological polar surface area (TPSA) is 12.0 Å². The lowest BCUT2D eigenvalue weighted by atomic mass is 10.1. The van der Waals surface area contributed by atoms with Gasteiger partial charge in [0.25, 0.3) is 0 Å². The van der Waals surface area contributed by atoms with Gasteiger partial charge in [0.15, 0.2) is 0 Å². The van der Waals surface area contributed by atoms with E-state index in [0.29, 0.717) is 0 Å². The van der Waals surface area contributed by atoms with Crippen molar-refractivity contribution < 1.29 is 4.39 Å². The molecule has 0 aliphatic carbocycles. The molecule has 1 rings (SSSR count). The minimum absolute atomic E-state index is 0.144. The molecule has 18 heavy (non-hydrogen) atoms. The highest BCUT2D eigenvalue weighted by molar-refractivity contribution is 5.15. The third kappa shape index (κ3) is 7.44. The van der Waals surface area contributed by atoms with Crippen molar-refractivity contribution in [3.8, 4) is 0 Å². The molecule has 0 saturated heterocycles.